The van der Waals surface area contributed by atoms with E-state index in [4.69, 9.17) is 5.26 Å². The summed E-state index contributed by atoms with van der Waals surface area (Å²) < 4.78 is 26.4. The van der Waals surface area contributed by atoms with Crippen LogP contribution in [0.3, 0.4) is 0 Å². The van der Waals surface area contributed by atoms with E-state index in [2.05, 4.69) is 20.3 Å². The van der Waals surface area contributed by atoms with E-state index in [0.717, 1.165) is 5.69 Å². The van der Waals surface area contributed by atoms with Crippen LogP contribution in [0.5, 0.6) is 0 Å². The fraction of sp³-hybridized carbons (Fsp3) is 0.467. The molecule has 23 heavy (non-hydrogen) atoms. The first kappa shape index (κ1) is 15.7. The van der Waals surface area contributed by atoms with Crippen LogP contribution in [0.25, 0.3) is 10.7 Å². The van der Waals surface area contributed by atoms with Gasteiger partial charge >= 0.3 is 0 Å². The highest BCUT2D eigenvalue weighted by Crippen LogP contribution is 2.34. The average Bonchev–Trinajstić information content (AvgIpc) is 2.96. The van der Waals surface area contributed by atoms with E-state index in [1.54, 1.807) is 6.07 Å². The molecular weight excluding hydrogens is 320 g/mol. The Morgan fingerprint density at radius 3 is 2.65 bits per heavy atom. The van der Waals surface area contributed by atoms with Gasteiger partial charge in [0.2, 0.25) is 11.9 Å². The Hall–Kier alpha value is -2.14. The lowest BCUT2D eigenvalue weighted by atomic mass is 9.92. The maximum atomic E-state index is 13.2. The van der Waals surface area contributed by atoms with Crippen LogP contribution in [-0.4, -0.2) is 26.9 Å². The van der Waals surface area contributed by atoms with Gasteiger partial charge in [0.15, 0.2) is 0 Å². The normalized spacial score (nSPS) is 17.7. The number of aromatic nitrogens is 3. The zero-order valence-electron chi connectivity index (χ0n) is 12.5. The number of rotatable bonds is 3. The van der Waals surface area contributed by atoms with Gasteiger partial charge in [-0.05, 0) is 19.8 Å². The van der Waals surface area contributed by atoms with Crippen LogP contribution < -0.4 is 5.32 Å². The van der Waals surface area contributed by atoms with Gasteiger partial charge in [0.25, 0.3) is 0 Å². The summed E-state index contributed by atoms with van der Waals surface area (Å²) in [5.74, 6) is -2.28. The fourth-order valence-corrected chi connectivity index (χ4v) is 3.27. The topological polar surface area (TPSA) is 74.5 Å². The summed E-state index contributed by atoms with van der Waals surface area (Å²) in [5.41, 5.74) is 1.68. The van der Waals surface area contributed by atoms with Crippen LogP contribution >= 0.6 is 11.3 Å². The molecule has 2 aromatic heterocycles. The van der Waals surface area contributed by atoms with Gasteiger partial charge in [-0.3, -0.25) is 0 Å². The van der Waals surface area contributed by atoms with Crippen LogP contribution in [0.4, 0.5) is 14.7 Å². The van der Waals surface area contributed by atoms with Crippen molar-refractivity contribution in [3.8, 4) is 16.8 Å². The number of halogens is 2. The fourth-order valence-electron chi connectivity index (χ4n) is 2.52. The van der Waals surface area contributed by atoms with Gasteiger partial charge in [0.05, 0.1) is 0 Å². The molecule has 3 rings (SSSR count). The molecule has 0 spiro atoms. The van der Waals surface area contributed by atoms with Crippen molar-refractivity contribution in [1.29, 1.82) is 5.26 Å². The number of hydrogen-bond donors (Lipinski definition) is 1. The molecular formula is C15H15F2N5S. The maximum Gasteiger partial charge on any atom is 0.248 e. The molecule has 1 fully saturated rings. The standard InChI is InChI=1S/C15H15F2N5S/c1-9-8-23-13(19-9)12-6-11(7-18)21-14(22-12)20-10-2-4-15(16,17)5-3-10/h6,8,10H,2-5H2,1H3,(H,20,21,22). The lowest BCUT2D eigenvalue weighted by Crippen LogP contribution is -2.32. The predicted molar refractivity (Wildman–Crippen MR) is 83.4 cm³/mol. The number of hydrogen-bond acceptors (Lipinski definition) is 6. The first-order chi connectivity index (χ1) is 10.9. The van der Waals surface area contributed by atoms with Crippen molar-refractivity contribution in [3.05, 3.63) is 22.8 Å². The van der Waals surface area contributed by atoms with Gasteiger partial charge in [-0.2, -0.15) is 5.26 Å². The van der Waals surface area contributed by atoms with Gasteiger partial charge in [0, 0.05) is 36.0 Å². The van der Waals surface area contributed by atoms with E-state index in [1.807, 2.05) is 18.4 Å². The van der Waals surface area contributed by atoms with Crippen LogP contribution in [-0.2, 0) is 0 Å². The quantitative estimate of drug-likeness (QED) is 0.924. The molecule has 1 N–H and O–H groups in total. The summed E-state index contributed by atoms with van der Waals surface area (Å²) in [7, 11) is 0. The van der Waals surface area contributed by atoms with Crippen molar-refractivity contribution in [2.75, 3.05) is 5.32 Å². The average molecular weight is 335 g/mol. The van der Waals surface area contributed by atoms with Crippen molar-refractivity contribution in [3.63, 3.8) is 0 Å². The minimum atomic E-state index is -2.57. The Kier molecular flexibility index (Phi) is 4.22. The molecule has 0 aromatic carbocycles. The van der Waals surface area contributed by atoms with E-state index in [0.29, 0.717) is 29.5 Å². The SMILES string of the molecule is Cc1csc(-c2cc(C#N)nc(NC3CCC(F)(F)CC3)n2)n1. The Labute approximate surface area is 136 Å². The van der Waals surface area contributed by atoms with E-state index in [9.17, 15) is 8.78 Å². The Morgan fingerprint density at radius 1 is 1.30 bits per heavy atom. The van der Waals surface area contributed by atoms with Crippen molar-refractivity contribution < 1.29 is 8.78 Å². The third-order valence-electron chi connectivity index (χ3n) is 3.73. The summed E-state index contributed by atoms with van der Waals surface area (Å²) in [5, 5.41) is 14.8. The Balaban J connectivity index is 1.81. The Morgan fingerprint density at radius 2 is 2.04 bits per heavy atom. The van der Waals surface area contributed by atoms with Crippen LogP contribution in [0.15, 0.2) is 11.4 Å². The van der Waals surface area contributed by atoms with Crippen molar-refractivity contribution in [2.45, 2.75) is 44.6 Å². The van der Waals surface area contributed by atoms with Gasteiger partial charge < -0.3 is 5.32 Å². The monoisotopic (exact) mass is 335 g/mol. The first-order valence-electron chi connectivity index (χ1n) is 7.31. The number of nitrogens with zero attached hydrogens (tertiary/aromatic N) is 4. The van der Waals surface area contributed by atoms with E-state index < -0.39 is 5.92 Å². The van der Waals surface area contributed by atoms with Gasteiger partial charge in [-0.15, -0.1) is 11.3 Å². The number of nitrogens with one attached hydrogen (secondary N) is 1. The van der Waals surface area contributed by atoms with Crippen LogP contribution in [0.2, 0.25) is 0 Å². The lowest BCUT2D eigenvalue weighted by molar-refractivity contribution is -0.0361. The first-order valence-corrected chi connectivity index (χ1v) is 8.19. The summed E-state index contributed by atoms with van der Waals surface area (Å²) in [4.78, 5) is 12.9. The largest absolute Gasteiger partial charge is 0.351 e. The second-order valence-corrected chi connectivity index (χ2v) is 6.50. The highest BCUT2D eigenvalue weighted by molar-refractivity contribution is 7.13. The molecule has 0 amide bonds. The molecule has 0 bridgehead atoms. The molecule has 2 heterocycles. The third kappa shape index (κ3) is 3.79. The number of alkyl halides is 2. The molecule has 8 heteroatoms. The molecule has 0 saturated heterocycles. The highest BCUT2D eigenvalue weighted by Gasteiger charge is 2.35. The van der Waals surface area contributed by atoms with Crippen molar-refractivity contribution >= 4 is 17.3 Å². The molecule has 0 radical (unpaired) electrons. The number of aryl methyl sites for hydroxylation is 1. The molecule has 1 aliphatic rings. The molecule has 1 saturated carbocycles. The predicted octanol–water partition coefficient (Wildman–Crippen LogP) is 3.77. The second kappa shape index (κ2) is 6.16. The molecule has 120 valence electrons. The maximum absolute atomic E-state index is 13.2. The number of anilines is 1. The van der Waals surface area contributed by atoms with Crippen LogP contribution in [0.1, 0.15) is 37.1 Å². The Bertz CT molecular complexity index is 743. The van der Waals surface area contributed by atoms with Crippen molar-refractivity contribution in [1.82, 2.24) is 15.0 Å². The summed E-state index contributed by atoms with van der Waals surface area (Å²) in [6.07, 6.45) is 0.444. The van der Waals surface area contributed by atoms with Gasteiger partial charge in [0.1, 0.15) is 22.5 Å². The third-order valence-corrected chi connectivity index (χ3v) is 4.71. The number of thiazole rings is 1. The summed E-state index contributed by atoms with van der Waals surface area (Å²) in [6.45, 7) is 1.88. The molecule has 1 aliphatic carbocycles. The molecule has 0 atom stereocenters. The summed E-state index contributed by atoms with van der Waals surface area (Å²) in [6, 6.07) is 3.48. The van der Waals surface area contributed by atoms with Gasteiger partial charge in [-0.1, -0.05) is 0 Å². The lowest BCUT2D eigenvalue weighted by Gasteiger charge is -2.28. The van der Waals surface area contributed by atoms with Crippen LogP contribution in [0, 0.1) is 18.3 Å². The minimum Gasteiger partial charge on any atom is -0.351 e. The minimum absolute atomic E-state index is 0.102. The molecule has 2 aromatic rings. The van der Waals surface area contributed by atoms with Gasteiger partial charge in [-0.25, -0.2) is 23.7 Å². The highest BCUT2D eigenvalue weighted by atomic mass is 32.1. The van der Waals surface area contributed by atoms with E-state index >= 15 is 0 Å². The zero-order chi connectivity index (χ0) is 16.4. The zero-order valence-corrected chi connectivity index (χ0v) is 13.3. The molecule has 5 nitrogen and oxygen atoms in total. The smallest absolute Gasteiger partial charge is 0.248 e. The van der Waals surface area contributed by atoms with E-state index in [-0.39, 0.29) is 24.6 Å². The summed E-state index contributed by atoms with van der Waals surface area (Å²) >= 11 is 1.44. The second-order valence-electron chi connectivity index (χ2n) is 5.64. The van der Waals surface area contributed by atoms with E-state index in [1.165, 1.54) is 11.3 Å². The number of nitriles is 1. The molecule has 0 aliphatic heterocycles. The van der Waals surface area contributed by atoms with Crippen molar-refractivity contribution in [2.24, 2.45) is 0 Å². The molecule has 0 unspecified atom stereocenters.